The summed E-state index contributed by atoms with van der Waals surface area (Å²) in [6, 6.07) is 2.32. The minimum absolute atomic E-state index is 0.178. The molecule has 0 saturated heterocycles. The third kappa shape index (κ3) is 2.21. The van der Waals surface area contributed by atoms with Gasteiger partial charge in [0, 0.05) is 13.6 Å². The summed E-state index contributed by atoms with van der Waals surface area (Å²) < 4.78 is 5.96. The topological polar surface area (TPSA) is 12.5 Å². The molecule has 0 aliphatic carbocycles. The molecule has 18 heavy (non-hydrogen) atoms. The summed E-state index contributed by atoms with van der Waals surface area (Å²) in [5.41, 5.74) is 5.52. The molecule has 1 aliphatic heterocycles. The average Bonchev–Trinajstić information content (AvgIpc) is 2.44. The first kappa shape index (κ1) is 13.3. The fourth-order valence-corrected chi connectivity index (χ4v) is 2.72. The van der Waals surface area contributed by atoms with Crippen LogP contribution >= 0.6 is 0 Å². The van der Waals surface area contributed by atoms with Crippen molar-refractivity contribution in [3.8, 4) is 5.75 Å². The van der Waals surface area contributed by atoms with Crippen LogP contribution in [0.2, 0.25) is 0 Å². The largest absolute Gasteiger partial charge is 0.491 e. The van der Waals surface area contributed by atoms with Crippen molar-refractivity contribution in [2.45, 2.75) is 46.5 Å². The van der Waals surface area contributed by atoms with Crippen molar-refractivity contribution >= 4 is 5.69 Å². The molecule has 0 N–H and O–H groups in total. The van der Waals surface area contributed by atoms with Gasteiger partial charge in [0.15, 0.2) is 0 Å². The Bertz CT molecular complexity index is 457. The van der Waals surface area contributed by atoms with E-state index < -0.39 is 0 Å². The molecule has 2 rings (SSSR count). The lowest BCUT2D eigenvalue weighted by Crippen LogP contribution is -2.20. The normalized spacial score (nSPS) is 16.0. The van der Waals surface area contributed by atoms with E-state index in [0.29, 0.717) is 0 Å². The summed E-state index contributed by atoms with van der Waals surface area (Å²) in [7, 11) is 2.16. The monoisotopic (exact) mass is 247 g/mol. The lowest BCUT2D eigenvalue weighted by atomic mass is 9.82. The van der Waals surface area contributed by atoms with Crippen molar-refractivity contribution in [3.05, 3.63) is 22.8 Å². The number of rotatable bonds is 0. The van der Waals surface area contributed by atoms with E-state index in [1.54, 1.807) is 0 Å². The Hall–Kier alpha value is -1.18. The van der Waals surface area contributed by atoms with Gasteiger partial charge in [0.1, 0.15) is 5.75 Å². The van der Waals surface area contributed by atoms with E-state index >= 15 is 0 Å². The number of benzene rings is 1. The Morgan fingerprint density at radius 3 is 2.44 bits per heavy atom. The van der Waals surface area contributed by atoms with Gasteiger partial charge in [-0.2, -0.15) is 0 Å². The second kappa shape index (κ2) is 4.49. The van der Waals surface area contributed by atoms with Crippen LogP contribution in [-0.4, -0.2) is 20.2 Å². The summed E-state index contributed by atoms with van der Waals surface area (Å²) in [6.07, 6.45) is 1.09. The minimum Gasteiger partial charge on any atom is -0.491 e. The Balaban J connectivity index is 2.65. The molecule has 2 nitrogen and oxygen atoms in total. The highest BCUT2D eigenvalue weighted by atomic mass is 16.5. The fraction of sp³-hybridized carbons (Fsp3) is 0.625. The Morgan fingerprint density at radius 2 is 1.83 bits per heavy atom. The fourth-order valence-electron chi connectivity index (χ4n) is 2.72. The highest BCUT2D eigenvalue weighted by Gasteiger charge is 2.24. The first-order valence-corrected chi connectivity index (χ1v) is 6.81. The van der Waals surface area contributed by atoms with Crippen LogP contribution in [0.4, 0.5) is 5.69 Å². The number of nitrogens with zero attached hydrogens (tertiary/aromatic N) is 1. The maximum atomic E-state index is 5.96. The summed E-state index contributed by atoms with van der Waals surface area (Å²) in [5.74, 6) is 1.08. The zero-order chi connectivity index (χ0) is 13.5. The quantitative estimate of drug-likeness (QED) is 0.691. The number of hydrogen-bond donors (Lipinski definition) is 0. The van der Waals surface area contributed by atoms with Crippen LogP contribution in [0.25, 0.3) is 0 Å². The van der Waals surface area contributed by atoms with E-state index in [9.17, 15) is 0 Å². The van der Waals surface area contributed by atoms with Crippen molar-refractivity contribution < 1.29 is 4.74 Å². The van der Waals surface area contributed by atoms with Gasteiger partial charge in [-0.15, -0.1) is 0 Å². The van der Waals surface area contributed by atoms with E-state index in [4.69, 9.17) is 4.74 Å². The molecule has 2 heteroatoms. The van der Waals surface area contributed by atoms with Crippen molar-refractivity contribution in [2.24, 2.45) is 0 Å². The second-order valence-corrected chi connectivity index (χ2v) is 6.40. The van der Waals surface area contributed by atoms with E-state index in [2.05, 4.69) is 52.6 Å². The molecule has 1 aliphatic rings. The number of ether oxygens (including phenoxy) is 1. The van der Waals surface area contributed by atoms with Crippen molar-refractivity contribution in [1.82, 2.24) is 0 Å². The highest BCUT2D eigenvalue weighted by molar-refractivity contribution is 5.66. The van der Waals surface area contributed by atoms with Crippen LogP contribution in [0, 0.1) is 13.8 Å². The van der Waals surface area contributed by atoms with Crippen molar-refractivity contribution in [1.29, 1.82) is 0 Å². The zero-order valence-electron chi connectivity index (χ0n) is 12.6. The summed E-state index contributed by atoms with van der Waals surface area (Å²) in [4.78, 5) is 2.32. The SMILES string of the molecule is Cc1c(C(C)(C)C)cc2c(c1C)OCCCN2C. The zero-order valence-corrected chi connectivity index (χ0v) is 12.6. The average molecular weight is 247 g/mol. The van der Waals surface area contributed by atoms with Gasteiger partial charge in [0.05, 0.1) is 12.3 Å². The highest BCUT2D eigenvalue weighted by Crippen LogP contribution is 2.40. The van der Waals surface area contributed by atoms with E-state index in [0.717, 1.165) is 25.3 Å². The van der Waals surface area contributed by atoms with Crippen molar-refractivity contribution in [2.75, 3.05) is 25.1 Å². The molecular weight excluding hydrogens is 222 g/mol. The van der Waals surface area contributed by atoms with Crippen LogP contribution in [0.5, 0.6) is 5.75 Å². The van der Waals surface area contributed by atoms with Gasteiger partial charge in [-0.3, -0.25) is 0 Å². The summed E-state index contributed by atoms with van der Waals surface area (Å²) in [5, 5.41) is 0. The lowest BCUT2D eigenvalue weighted by molar-refractivity contribution is 0.320. The van der Waals surface area contributed by atoms with Gasteiger partial charge in [-0.05, 0) is 48.4 Å². The molecule has 100 valence electrons. The van der Waals surface area contributed by atoms with Gasteiger partial charge >= 0.3 is 0 Å². The molecule has 0 aromatic heterocycles. The maximum absolute atomic E-state index is 5.96. The molecule has 0 atom stereocenters. The van der Waals surface area contributed by atoms with Gasteiger partial charge in [-0.25, -0.2) is 0 Å². The first-order valence-electron chi connectivity index (χ1n) is 6.81. The predicted octanol–water partition coefficient (Wildman–Crippen LogP) is 3.82. The summed E-state index contributed by atoms with van der Waals surface area (Å²) >= 11 is 0. The van der Waals surface area contributed by atoms with Crippen molar-refractivity contribution in [3.63, 3.8) is 0 Å². The maximum Gasteiger partial charge on any atom is 0.145 e. The van der Waals surface area contributed by atoms with Crippen LogP contribution < -0.4 is 9.64 Å². The third-order valence-corrected chi connectivity index (χ3v) is 3.92. The first-order chi connectivity index (χ1) is 8.32. The molecule has 0 spiro atoms. The molecular formula is C16H25NO. The van der Waals surface area contributed by atoms with Gasteiger partial charge < -0.3 is 9.64 Å². The van der Waals surface area contributed by atoms with Crippen LogP contribution in [0.1, 0.15) is 43.9 Å². The molecule has 0 saturated carbocycles. The molecule has 0 amide bonds. The molecule has 1 heterocycles. The van der Waals surface area contributed by atoms with E-state index in [-0.39, 0.29) is 5.41 Å². The second-order valence-electron chi connectivity index (χ2n) is 6.40. The Morgan fingerprint density at radius 1 is 1.17 bits per heavy atom. The van der Waals surface area contributed by atoms with E-state index in [1.807, 2.05) is 0 Å². The molecule has 0 bridgehead atoms. The summed E-state index contributed by atoms with van der Waals surface area (Å²) in [6.45, 7) is 13.1. The molecule has 0 fully saturated rings. The molecule has 1 aromatic carbocycles. The Labute approximate surface area is 111 Å². The van der Waals surface area contributed by atoms with E-state index in [1.165, 1.54) is 22.4 Å². The van der Waals surface area contributed by atoms with Gasteiger partial charge in [0.25, 0.3) is 0 Å². The van der Waals surface area contributed by atoms with Crippen LogP contribution in [-0.2, 0) is 5.41 Å². The van der Waals surface area contributed by atoms with Gasteiger partial charge in [-0.1, -0.05) is 20.8 Å². The lowest BCUT2D eigenvalue weighted by Gasteiger charge is -2.28. The molecule has 0 radical (unpaired) electrons. The number of anilines is 1. The standard InChI is InChI=1S/C16H25NO/c1-11-12(2)15-14(10-13(11)16(3,4)5)17(6)8-7-9-18-15/h10H,7-9H2,1-6H3. The number of fused-ring (bicyclic) bond motifs is 1. The van der Waals surface area contributed by atoms with Crippen LogP contribution in [0.15, 0.2) is 6.07 Å². The smallest absolute Gasteiger partial charge is 0.145 e. The molecule has 0 unspecified atom stereocenters. The Kier molecular flexibility index (Phi) is 3.31. The minimum atomic E-state index is 0.178. The van der Waals surface area contributed by atoms with Crippen LogP contribution in [0.3, 0.4) is 0 Å². The van der Waals surface area contributed by atoms with Gasteiger partial charge in [0.2, 0.25) is 0 Å². The third-order valence-electron chi connectivity index (χ3n) is 3.92. The molecule has 1 aromatic rings. The number of hydrogen-bond acceptors (Lipinski definition) is 2. The predicted molar refractivity (Wildman–Crippen MR) is 78.0 cm³/mol.